The predicted molar refractivity (Wildman–Crippen MR) is 96.5 cm³/mol. The Kier molecular flexibility index (Phi) is 5.64. The number of thioether (sulfide) groups is 1. The van der Waals surface area contributed by atoms with Gasteiger partial charge in [-0.3, -0.25) is 4.79 Å². The minimum atomic E-state index is -0.288. The highest BCUT2D eigenvalue weighted by atomic mass is 32.2. The Morgan fingerprint density at radius 3 is 2.33 bits per heavy atom. The Morgan fingerprint density at radius 1 is 1.17 bits per heavy atom. The molecule has 2 rings (SSSR count). The van der Waals surface area contributed by atoms with Gasteiger partial charge in [0.15, 0.2) is 0 Å². The van der Waals surface area contributed by atoms with Crippen molar-refractivity contribution >= 4 is 17.7 Å². The molecule has 0 fully saturated rings. The summed E-state index contributed by atoms with van der Waals surface area (Å²) >= 11 is 1.35. The van der Waals surface area contributed by atoms with Crippen molar-refractivity contribution in [1.82, 2.24) is 25.5 Å². The molecule has 0 radical (unpaired) electrons. The Morgan fingerprint density at radius 2 is 1.79 bits per heavy atom. The average Bonchev–Trinajstić information content (AvgIpc) is 2.93. The Balaban J connectivity index is 2.14. The molecule has 130 valence electrons. The predicted octanol–water partition coefficient (Wildman–Crippen LogP) is 3.18. The summed E-state index contributed by atoms with van der Waals surface area (Å²) in [5.74, 6) is 0.445. The first-order valence-corrected chi connectivity index (χ1v) is 8.93. The fraction of sp³-hybridized carbons (Fsp3) is 0.529. The van der Waals surface area contributed by atoms with Crippen LogP contribution in [0.2, 0.25) is 0 Å². The number of carbonyl (C=O) groups is 1. The van der Waals surface area contributed by atoms with E-state index in [4.69, 9.17) is 0 Å². The Hall–Kier alpha value is -1.89. The van der Waals surface area contributed by atoms with Gasteiger partial charge >= 0.3 is 0 Å². The van der Waals surface area contributed by atoms with Crippen LogP contribution < -0.4 is 5.32 Å². The van der Waals surface area contributed by atoms with E-state index < -0.39 is 0 Å². The standard InChI is InChI=1S/C17H25N5OS/c1-11(2)13-7-9-14(10-8-13)22-16(19-20-21-22)24-12(3)15(23)18-17(4,5)6/h7-12H,1-6H3,(H,18,23). The second-order valence-electron chi connectivity index (χ2n) is 7.12. The second-order valence-corrected chi connectivity index (χ2v) is 8.43. The van der Waals surface area contributed by atoms with E-state index in [0.717, 1.165) is 5.69 Å². The van der Waals surface area contributed by atoms with Gasteiger partial charge in [-0.1, -0.05) is 37.7 Å². The SMILES string of the molecule is CC(Sc1nnnn1-c1ccc(C(C)C)cc1)C(=O)NC(C)(C)C. The molecule has 0 aliphatic rings. The lowest BCUT2D eigenvalue weighted by atomic mass is 10.0. The first kappa shape index (κ1) is 18.4. The van der Waals surface area contributed by atoms with Crippen molar-refractivity contribution in [3.05, 3.63) is 29.8 Å². The van der Waals surface area contributed by atoms with Gasteiger partial charge in [-0.25, -0.2) is 0 Å². The van der Waals surface area contributed by atoms with E-state index in [0.29, 0.717) is 11.1 Å². The van der Waals surface area contributed by atoms with Gasteiger partial charge in [0.05, 0.1) is 10.9 Å². The molecule has 2 aromatic rings. The van der Waals surface area contributed by atoms with Crippen LogP contribution in [0.5, 0.6) is 0 Å². The van der Waals surface area contributed by atoms with Gasteiger partial charge in [-0.2, -0.15) is 4.68 Å². The fourth-order valence-electron chi connectivity index (χ4n) is 2.10. The third kappa shape index (κ3) is 4.80. The van der Waals surface area contributed by atoms with Crippen LogP contribution in [0.1, 0.15) is 53.0 Å². The van der Waals surface area contributed by atoms with Crippen LogP contribution in [0, 0.1) is 0 Å². The first-order chi connectivity index (χ1) is 11.2. The van der Waals surface area contributed by atoms with E-state index in [2.05, 4.69) is 46.8 Å². The summed E-state index contributed by atoms with van der Waals surface area (Å²) in [7, 11) is 0. The van der Waals surface area contributed by atoms with Crippen LogP contribution >= 0.6 is 11.8 Å². The molecular formula is C17H25N5OS. The number of aromatic nitrogens is 4. The van der Waals surface area contributed by atoms with E-state index in [9.17, 15) is 4.79 Å². The number of benzene rings is 1. The number of hydrogen-bond donors (Lipinski definition) is 1. The zero-order valence-electron chi connectivity index (χ0n) is 15.1. The van der Waals surface area contributed by atoms with Gasteiger partial charge in [-0.05, 0) is 61.7 Å². The van der Waals surface area contributed by atoms with Crippen molar-refractivity contribution in [2.45, 2.75) is 63.4 Å². The fourth-order valence-corrected chi connectivity index (χ4v) is 2.91. The summed E-state index contributed by atoms with van der Waals surface area (Å²) in [5.41, 5.74) is 1.89. The van der Waals surface area contributed by atoms with Crippen molar-refractivity contribution in [2.24, 2.45) is 0 Å². The molecule has 0 aliphatic heterocycles. The van der Waals surface area contributed by atoms with E-state index in [1.807, 2.05) is 39.8 Å². The number of carbonyl (C=O) groups excluding carboxylic acids is 1. The molecule has 1 atom stereocenters. The van der Waals surface area contributed by atoms with Gasteiger partial charge in [0.25, 0.3) is 0 Å². The van der Waals surface area contributed by atoms with Gasteiger partial charge in [0, 0.05) is 5.54 Å². The highest BCUT2D eigenvalue weighted by molar-refractivity contribution is 8.00. The topological polar surface area (TPSA) is 72.7 Å². The van der Waals surface area contributed by atoms with E-state index in [1.54, 1.807) is 4.68 Å². The summed E-state index contributed by atoms with van der Waals surface area (Å²) in [6.07, 6.45) is 0. The number of rotatable bonds is 5. The molecule has 0 bridgehead atoms. The molecule has 0 saturated carbocycles. The molecule has 1 aromatic carbocycles. The molecule has 0 saturated heterocycles. The van der Waals surface area contributed by atoms with E-state index in [1.165, 1.54) is 17.3 Å². The van der Waals surface area contributed by atoms with Crippen LogP contribution in [-0.2, 0) is 4.79 Å². The monoisotopic (exact) mass is 347 g/mol. The molecule has 6 nitrogen and oxygen atoms in total. The van der Waals surface area contributed by atoms with Crippen molar-refractivity contribution < 1.29 is 4.79 Å². The highest BCUT2D eigenvalue weighted by Crippen LogP contribution is 2.24. The quantitative estimate of drug-likeness (QED) is 0.841. The lowest BCUT2D eigenvalue weighted by Crippen LogP contribution is -2.44. The maximum absolute atomic E-state index is 12.2. The van der Waals surface area contributed by atoms with Crippen LogP contribution in [0.4, 0.5) is 0 Å². The minimum Gasteiger partial charge on any atom is -0.351 e. The molecule has 1 N–H and O–H groups in total. The second kappa shape index (κ2) is 7.34. The normalized spacial score (nSPS) is 13.1. The largest absolute Gasteiger partial charge is 0.351 e. The lowest BCUT2D eigenvalue weighted by molar-refractivity contribution is -0.121. The van der Waals surface area contributed by atoms with Gasteiger partial charge in [-0.15, -0.1) is 5.10 Å². The zero-order valence-corrected chi connectivity index (χ0v) is 15.9. The van der Waals surface area contributed by atoms with E-state index >= 15 is 0 Å². The maximum Gasteiger partial charge on any atom is 0.233 e. The van der Waals surface area contributed by atoms with Crippen molar-refractivity contribution in [3.63, 3.8) is 0 Å². The number of hydrogen-bond acceptors (Lipinski definition) is 5. The number of tetrazole rings is 1. The first-order valence-electron chi connectivity index (χ1n) is 8.05. The maximum atomic E-state index is 12.2. The molecule has 1 amide bonds. The Bertz CT molecular complexity index is 688. The van der Waals surface area contributed by atoms with Crippen LogP contribution in [0.15, 0.2) is 29.4 Å². The van der Waals surface area contributed by atoms with Crippen molar-refractivity contribution in [3.8, 4) is 5.69 Å². The molecule has 0 aliphatic carbocycles. The third-order valence-corrected chi connectivity index (χ3v) is 4.43. The molecule has 0 spiro atoms. The lowest BCUT2D eigenvalue weighted by Gasteiger charge is -2.22. The van der Waals surface area contributed by atoms with Crippen molar-refractivity contribution in [1.29, 1.82) is 0 Å². The summed E-state index contributed by atoms with van der Waals surface area (Å²) in [6.45, 7) is 12.0. The van der Waals surface area contributed by atoms with Gasteiger partial charge in [0.2, 0.25) is 11.1 Å². The highest BCUT2D eigenvalue weighted by Gasteiger charge is 2.22. The average molecular weight is 347 g/mol. The van der Waals surface area contributed by atoms with E-state index in [-0.39, 0.29) is 16.7 Å². The molecule has 1 unspecified atom stereocenters. The minimum absolute atomic E-state index is 0.0304. The third-order valence-electron chi connectivity index (χ3n) is 3.39. The summed E-state index contributed by atoms with van der Waals surface area (Å²) in [6, 6.07) is 8.14. The molecular weight excluding hydrogens is 322 g/mol. The molecule has 24 heavy (non-hydrogen) atoms. The van der Waals surface area contributed by atoms with Crippen LogP contribution in [0.3, 0.4) is 0 Å². The van der Waals surface area contributed by atoms with Gasteiger partial charge in [0.1, 0.15) is 0 Å². The molecule has 7 heteroatoms. The number of nitrogens with one attached hydrogen (secondary N) is 1. The Labute approximate surface area is 147 Å². The summed E-state index contributed by atoms with van der Waals surface area (Å²) in [5, 5.41) is 15.1. The smallest absolute Gasteiger partial charge is 0.233 e. The summed E-state index contributed by atoms with van der Waals surface area (Å²) < 4.78 is 1.66. The molecule has 1 aromatic heterocycles. The van der Waals surface area contributed by atoms with Crippen LogP contribution in [0.25, 0.3) is 5.69 Å². The zero-order chi connectivity index (χ0) is 17.9. The van der Waals surface area contributed by atoms with Gasteiger partial charge < -0.3 is 5.32 Å². The number of amides is 1. The number of nitrogens with zero attached hydrogens (tertiary/aromatic N) is 4. The van der Waals surface area contributed by atoms with Crippen molar-refractivity contribution in [2.75, 3.05) is 0 Å². The van der Waals surface area contributed by atoms with Crippen LogP contribution in [-0.4, -0.2) is 36.9 Å². The summed E-state index contributed by atoms with van der Waals surface area (Å²) in [4.78, 5) is 12.2. The molecule has 1 heterocycles.